The Morgan fingerprint density at radius 2 is 1.83 bits per heavy atom. The normalized spacial score (nSPS) is 26.2. The smallest absolute Gasteiger partial charge is 0.0245 e. The molecule has 1 aliphatic heterocycles. The molecule has 1 aliphatic carbocycles. The van der Waals surface area contributed by atoms with Gasteiger partial charge in [0.05, 0.1) is 0 Å². The van der Waals surface area contributed by atoms with Gasteiger partial charge in [0.2, 0.25) is 0 Å². The molecule has 3 heteroatoms. The van der Waals surface area contributed by atoms with E-state index in [2.05, 4.69) is 23.6 Å². The maximum Gasteiger partial charge on any atom is 0.0245 e. The predicted octanol–water partition coefficient (Wildman–Crippen LogP) is 1.78. The summed E-state index contributed by atoms with van der Waals surface area (Å²) in [7, 11) is 0. The highest BCUT2D eigenvalue weighted by Gasteiger charge is 2.29. The second-order valence-corrected chi connectivity index (χ2v) is 6.35. The van der Waals surface area contributed by atoms with Crippen molar-refractivity contribution in [3.63, 3.8) is 0 Å². The molecule has 1 heterocycles. The molecule has 106 valence electrons. The fourth-order valence-electron chi connectivity index (χ4n) is 3.33. The maximum absolute atomic E-state index is 6.00. The summed E-state index contributed by atoms with van der Waals surface area (Å²) in [6.07, 6.45) is 5.53. The van der Waals surface area contributed by atoms with E-state index >= 15 is 0 Å². The van der Waals surface area contributed by atoms with Crippen molar-refractivity contribution in [2.75, 3.05) is 39.3 Å². The summed E-state index contributed by atoms with van der Waals surface area (Å²) in [6.45, 7) is 11.8. The predicted molar refractivity (Wildman–Crippen MR) is 77.7 cm³/mol. The fraction of sp³-hybridized carbons (Fsp3) is 1.00. The summed E-state index contributed by atoms with van der Waals surface area (Å²) in [5.74, 6) is 1.77. The Morgan fingerprint density at radius 1 is 1.17 bits per heavy atom. The Labute approximate surface area is 113 Å². The van der Waals surface area contributed by atoms with Gasteiger partial charge in [-0.25, -0.2) is 0 Å². The van der Waals surface area contributed by atoms with E-state index in [0.29, 0.717) is 6.04 Å². The molecule has 0 amide bonds. The van der Waals surface area contributed by atoms with Crippen LogP contribution in [0.25, 0.3) is 0 Å². The van der Waals surface area contributed by atoms with Gasteiger partial charge in [0.1, 0.15) is 0 Å². The zero-order valence-corrected chi connectivity index (χ0v) is 12.3. The molecule has 0 bridgehead atoms. The average Bonchev–Trinajstić information content (AvgIpc) is 3.16. The van der Waals surface area contributed by atoms with Gasteiger partial charge >= 0.3 is 0 Å². The molecule has 18 heavy (non-hydrogen) atoms. The monoisotopic (exact) mass is 253 g/mol. The summed E-state index contributed by atoms with van der Waals surface area (Å²) >= 11 is 0. The van der Waals surface area contributed by atoms with Gasteiger partial charge in [-0.2, -0.15) is 0 Å². The Hall–Kier alpha value is -0.120. The van der Waals surface area contributed by atoms with Gasteiger partial charge in [0, 0.05) is 45.3 Å². The number of hydrogen-bond acceptors (Lipinski definition) is 3. The highest BCUT2D eigenvalue weighted by Crippen LogP contribution is 2.30. The SMILES string of the molecule is CCCC(C)C(CN)N1CCN(CC2CC2)CC1. The lowest BCUT2D eigenvalue weighted by Crippen LogP contribution is -2.54. The standard InChI is InChI=1S/C15H31N3/c1-3-4-13(2)15(11-16)18-9-7-17(8-10-18)12-14-5-6-14/h13-15H,3-12,16H2,1-2H3. The number of nitrogens with two attached hydrogens (primary N) is 1. The van der Waals surface area contributed by atoms with Crippen molar-refractivity contribution in [3.8, 4) is 0 Å². The number of nitrogens with zero attached hydrogens (tertiary/aromatic N) is 2. The minimum atomic E-state index is 0.605. The summed E-state index contributed by atoms with van der Waals surface area (Å²) in [5.41, 5.74) is 6.00. The lowest BCUT2D eigenvalue weighted by atomic mass is 9.95. The summed E-state index contributed by atoms with van der Waals surface area (Å²) < 4.78 is 0. The van der Waals surface area contributed by atoms with Crippen LogP contribution in [0, 0.1) is 11.8 Å². The van der Waals surface area contributed by atoms with E-state index in [-0.39, 0.29) is 0 Å². The van der Waals surface area contributed by atoms with Crippen LogP contribution in [0.15, 0.2) is 0 Å². The van der Waals surface area contributed by atoms with E-state index in [4.69, 9.17) is 5.73 Å². The van der Waals surface area contributed by atoms with Crippen LogP contribution in [0.5, 0.6) is 0 Å². The lowest BCUT2D eigenvalue weighted by Gasteiger charge is -2.41. The van der Waals surface area contributed by atoms with Crippen molar-refractivity contribution >= 4 is 0 Å². The molecule has 2 fully saturated rings. The van der Waals surface area contributed by atoms with Gasteiger partial charge < -0.3 is 10.6 Å². The van der Waals surface area contributed by atoms with Crippen LogP contribution in [0.3, 0.4) is 0 Å². The number of rotatable bonds is 7. The largest absolute Gasteiger partial charge is 0.329 e. The average molecular weight is 253 g/mol. The van der Waals surface area contributed by atoms with Crippen molar-refractivity contribution in [1.29, 1.82) is 0 Å². The van der Waals surface area contributed by atoms with Gasteiger partial charge in [-0.15, -0.1) is 0 Å². The lowest BCUT2D eigenvalue weighted by molar-refractivity contribution is 0.0719. The van der Waals surface area contributed by atoms with E-state index in [0.717, 1.165) is 18.4 Å². The summed E-state index contributed by atoms with van der Waals surface area (Å²) in [4.78, 5) is 5.30. The quantitative estimate of drug-likeness (QED) is 0.750. The Kier molecular flexibility index (Phi) is 5.46. The van der Waals surface area contributed by atoms with Crippen LogP contribution in [-0.4, -0.2) is 55.1 Å². The van der Waals surface area contributed by atoms with Gasteiger partial charge in [-0.3, -0.25) is 4.90 Å². The first-order chi connectivity index (χ1) is 8.74. The van der Waals surface area contributed by atoms with Crippen molar-refractivity contribution in [2.45, 2.75) is 45.6 Å². The molecule has 0 aromatic rings. The van der Waals surface area contributed by atoms with Crippen molar-refractivity contribution < 1.29 is 0 Å². The maximum atomic E-state index is 6.00. The van der Waals surface area contributed by atoms with Crippen LogP contribution in [0.1, 0.15) is 39.5 Å². The first-order valence-electron chi connectivity index (χ1n) is 7.91. The van der Waals surface area contributed by atoms with Crippen molar-refractivity contribution in [1.82, 2.24) is 9.80 Å². The van der Waals surface area contributed by atoms with Crippen LogP contribution < -0.4 is 5.73 Å². The zero-order chi connectivity index (χ0) is 13.0. The first-order valence-corrected chi connectivity index (χ1v) is 7.91. The second-order valence-electron chi connectivity index (χ2n) is 6.35. The third-order valence-corrected chi connectivity index (χ3v) is 4.73. The van der Waals surface area contributed by atoms with Crippen molar-refractivity contribution in [3.05, 3.63) is 0 Å². The molecule has 0 aromatic carbocycles. The third-order valence-electron chi connectivity index (χ3n) is 4.73. The van der Waals surface area contributed by atoms with E-state index in [1.54, 1.807) is 0 Å². The van der Waals surface area contributed by atoms with Gasteiger partial charge in [0.25, 0.3) is 0 Å². The van der Waals surface area contributed by atoms with Crippen LogP contribution in [0.4, 0.5) is 0 Å². The molecule has 2 N–H and O–H groups in total. The topological polar surface area (TPSA) is 32.5 Å². The van der Waals surface area contributed by atoms with Gasteiger partial charge in [0.15, 0.2) is 0 Å². The number of piperazine rings is 1. The highest BCUT2D eigenvalue weighted by atomic mass is 15.3. The molecule has 2 rings (SSSR count). The molecule has 3 nitrogen and oxygen atoms in total. The summed E-state index contributed by atoms with van der Waals surface area (Å²) in [5, 5.41) is 0. The van der Waals surface area contributed by atoms with Gasteiger partial charge in [-0.05, 0) is 31.1 Å². The first kappa shape index (κ1) is 14.3. The van der Waals surface area contributed by atoms with Crippen LogP contribution in [0.2, 0.25) is 0 Å². The number of hydrogen-bond donors (Lipinski definition) is 1. The molecule has 0 radical (unpaired) electrons. The Balaban J connectivity index is 1.75. The molecular weight excluding hydrogens is 222 g/mol. The van der Waals surface area contributed by atoms with E-state index < -0.39 is 0 Å². The van der Waals surface area contributed by atoms with E-state index in [1.165, 1.54) is 58.4 Å². The molecule has 1 saturated carbocycles. The van der Waals surface area contributed by atoms with Crippen LogP contribution >= 0.6 is 0 Å². The molecule has 0 aromatic heterocycles. The highest BCUT2D eigenvalue weighted by molar-refractivity contribution is 4.85. The molecule has 1 saturated heterocycles. The molecule has 2 unspecified atom stereocenters. The van der Waals surface area contributed by atoms with Crippen LogP contribution in [-0.2, 0) is 0 Å². The van der Waals surface area contributed by atoms with Gasteiger partial charge in [-0.1, -0.05) is 20.3 Å². The third kappa shape index (κ3) is 3.94. The second kappa shape index (κ2) is 6.88. The Morgan fingerprint density at radius 3 is 2.33 bits per heavy atom. The molecule has 0 spiro atoms. The summed E-state index contributed by atoms with van der Waals surface area (Å²) in [6, 6.07) is 0.605. The molecular formula is C15H31N3. The van der Waals surface area contributed by atoms with Crippen molar-refractivity contribution in [2.24, 2.45) is 17.6 Å². The van der Waals surface area contributed by atoms with E-state index in [9.17, 15) is 0 Å². The fourth-order valence-corrected chi connectivity index (χ4v) is 3.33. The minimum Gasteiger partial charge on any atom is -0.329 e. The van der Waals surface area contributed by atoms with E-state index in [1.807, 2.05) is 0 Å². The minimum absolute atomic E-state index is 0.605. The molecule has 2 aliphatic rings. The zero-order valence-electron chi connectivity index (χ0n) is 12.3. The Bertz CT molecular complexity index is 232. The molecule has 2 atom stereocenters.